The standard InChI is InChI=1S/C16H15ClN6O2/c1-24-14-8-12(9-19-23-16(18)20-21-22-23)7-13(17)15(14)25-10-11-5-3-2-4-6-11/h2-9H,10H2,1H3,(H2,18,20,22)/b19-9-. The van der Waals surface area contributed by atoms with Gasteiger partial charge in [-0.05, 0) is 28.1 Å². The molecule has 9 heteroatoms. The third-order valence-electron chi connectivity index (χ3n) is 3.27. The summed E-state index contributed by atoms with van der Waals surface area (Å²) < 4.78 is 11.2. The number of nitrogens with zero attached hydrogens (tertiary/aromatic N) is 5. The van der Waals surface area contributed by atoms with Crippen LogP contribution in [0.4, 0.5) is 5.95 Å². The van der Waals surface area contributed by atoms with E-state index >= 15 is 0 Å². The summed E-state index contributed by atoms with van der Waals surface area (Å²) in [4.78, 5) is 1.10. The molecule has 25 heavy (non-hydrogen) atoms. The highest BCUT2D eigenvalue weighted by Gasteiger charge is 2.12. The predicted octanol–water partition coefficient (Wildman–Crippen LogP) is 2.38. The van der Waals surface area contributed by atoms with E-state index < -0.39 is 0 Å². The van der Waals surface area contributed by atoms with E-state index in [9.17, 15) is 0 Å². The molecule has 0 fully saturated rings. The first-order valence-corrected chi connectivity index (χ1v) is 7.67. The molecular weight excluding hydrogens is 344 g/mol. The summed E-state index contributed by atoms with van der Waals surface area (Å²) in [5, 5.41) is 15.0. The van der Waals surface area contributed by atoms with E-state index in [1.165, 1.54) is 6.21 Å². The maximum absolute atomic E-state index is 6.33. The van der Waals surface area contributed by atoms with Crippen molar-refractivity contribution in [3.05, 3.63) is 58.6 Å². The van der Waals surface area contributed by atoms with Crippen LogP contribution in [0.25, 0.3) is 0 Å². The molecule has 2 aromatic carbocycles. The number of nitrogen functional groups attached to an aromatic ring is 1. The fourth-order valence-electron chi connectivity index (χ4n) is 2.08. The number of ether oxygens (including phenoxy) is 2. The van der Waals surface area contributed by atoms with Crippen LogP contribution in [0.1, 0.15) is 11.1 Å². The molecule has 0 saturated carbocycles. The number of anilines is 1. The van der Waals surface area contributed by atoms with Gasteiger partial charge in [0.15, 0.2) is 11.5 Å². The van der Waals surface area contributed by atoms with E-state index in [0.29, 0.717) is 28.7 Å². The van der Waals surface area contributed by atoms with Crippen LogP contribution in [0.3, 0.4) is 0 Å². The highest BCUT2D eigenvalue weighted by molar-refractivity contribution is 6.32. The molecule has 0 unspecified atom stereocenters. The lowest BCUT2D eigenvalue weighted by atomic mass is 10.2. The minimum absolute atomic E-state index is 0.0807. The molecule has 0 aliphatic heterocycles. The van der Waals surface area contributed by atoms with Gasteiger partial charge in [-0.1, -0.05) is 51.8 Å². The van der Waals surface area contributed by atoms with Crippen molar-refractivity contribution in [3.8, 4) is 11.5 Å². The number of rotatable bonds is 6. The molecule has 1 aromatic heterocycles. The molecule has 0 saturated heterocycles. The third-order valence-corrected chi connectivity index (χ3v) is 3.55. The van der Waals surface area contributed by atoms with E-state index in [1.807, 2.05) is 30.3 Å². The smallest absolute Gasteiger partial charge is 0.263 e. The summed E-state index contributed by atoms with van der Waals surface area (Å²) in [5.41, 5.74) is 7.26. The van der Waals surface area contributed by atoms with Crippen molar-refractivity contribution >= 4 is 23.8 Å². The Bertz CT molecular complexity index is 882. The molecule has 0 spiro atoms. The molecular formula is C16H15ClN6O2. The number of halogens is 1. The largest absolute Gasteiger partial charge is 0.493 e. The Labute approximate surface area is 148 Å². The fourth-order valence-corrected chi connectivity index (χ4v) is 2.35. The second kappa shape index (κ2) is 7.63. The average molecular weight is 359 g/mol. The predicted molar refractivity (Wildman–Crippen MR) is 94.0 cm³/mol. The molecule has 0 bridgehead atoms. The SMILES string of the molecule is COc1cc(/C=N\n2nnnc2N)cc(Cl)c1OCc1ccccc1. The highest BCUT2D eigenvalue weighted by Crippen LogP contribution is 2.36. The molecule has 3 rings (SSSR count). The van der Waals surface area contributed by atoms with Gasteiger partial charge in [-0.25, -0.2) is 0 Å². The Hall–Kier alpha value is -3.13. The Morgan fingerprint density at radius 3 is 2.76 bits per heavy atom. The molecule has 128 valence electrons. The van der Waals surface area contributed by atoms with E-state index in [4.69, 9.17) is 26.8 Å². The molecule has 1 heterocycles. The second-order valence-corrected chi connectivity index (χ2v) is 5.39. The number of benzene rings is 2. The Kier molecular flexibility index (Phi) is 5.10. The van der Waals surface area contributed by atoms with E-state index in [-0.39, 0.29) is 5.95 Å². The van der Waals surface area contributed by atoms with Crippen molar-refractivity contribution in [3.63, 3.8) is 0 Å². The Balaban J connectivity index is 1.81. The normalized spacial score (nSPS) is 11.0. The lowest BCUT2D eigenvalue weighted by Crippen LogP contribution is -2.01. The molecule has 3 aromatic rings. The van der Waals surface area contributed by atoms with Crippen LogP contribution < -0.4 is 15.2 Å². The van der Waals surface area contributed by atoms with Crippen LogP contribution in [-0.2, 0) is 6.61 Å². The van der Waals surface area contributed by atoms with E-state index in [1.54, 1.807) is 19.2 Å². The first-order valence-electron chi connectivity index (χ1n) is 7.30. The molecule has 0 aliphatic rings. The number of methoxy groups -OCH3 is 1. The summed E-state index contributed by atoms with van der Waals surface area (Å²) in [6.07, 6.45) is 1.52. The Morgan fingerprint density at radius 1 is 1.28 bits per heavy atom. The van der Waals surface area contributed by atoms with Crippen molar-refractivity contribution in [2.45, 2.75) is 6.61 Å². The first-order chi connectivity index (χ1) is 12.2. The van der Waals surface area contributed by atoms with Gasteiger partial charge in [0.05, 0.1) is 18.3 Å². The van der Waals surface area contributed by atoms with Crippen LogP contribution >= 0.6 is 11.6 Å². The number of hydrogen-bond acceptors (Lipinski definition) is 7. The van der Waals surface area contributed by atoms with Crippen molar-refractivity contribution in [1.82, 2.24) is 20.3 Å². The first kappa shape index (κ1) is 16.7. The van der Waals surface area contributed by atoms with Gasteiger partial charge in [0.2, 0.25) is 0 Å². The summed E-state index contributed by atoms with van der Waals surface area (Å²) in [5.74, 6) is 1.04. The van der Waals surface area contributed by atoms with Gasteiger partial charge in [-0.3, -0.25) is 0 Å². The minimum Gasteiger partial charge on any atom is -0.493 e. The van der Waals surface area contributed by atoms with Gasteiger partial charge in [0.1, 0.15) is 6.61 Å². The van der Waals surface area contributed by atoms with Crippen LogP contribution in [-0.4, -0.2) is 33.6 Å². The molecule has 0 amide bonds. The highest BCUT2D eigenvalue weighted by atomic mass is 35.5. The number of aromatic nitrogens is 4. The van der Waals surface area contributed by atoms with E-state index in [2.05, 4.69) is 20.6 Å². The van der Waals surface area contributed by atoms with Crippen LogP contribution in [0.2, 0.25) is 5.02 Å². The summed E-state index contributed by atoms with van der Waals surface area (Å²) in [7, 11) is 1.54. The van der Waals surface area contributed by atoms with Crippen molar-refractivity contribution in [1.29, 1.82) is 0 Å². The molecule has 8 nitrogen and oxygen atoms in total. The van der Waals surface area contributed by atoms with Gasteiger partial charge in [-0.2, -0.15) is 5.10 Å². The van der Waals surface area contributed by atoms with Crippen LogP contribution in [0, 0.1) is 0 Å². The number of tetrazole rings is 1. The van der Waals surface area contributed by atoms with Gasteiger partial charge >= 0.3 is 0 Å². The lowest BCUT2D eigenvalue weighted by molar-refractivity contribution is 0.284. The lowest BCUT2D eigenvalue weighted by Gasteiger charge is -2.13. The van der Waals surface area contributed by atoms with Gasteiger partial charge in [-0.15, -0.1) is 0 Å². The monoisotopic (exact) mass is 358 g/mol. The third kappa shape index (κ3) is 4.04. The molecule has 2 N–H and O–H groups in total. The Morgan fingerprint density at radius 2 is 2.08 bits per heavy atom. The molecule has 0 radical (unpaired) electrons. The number of nitrogens with two attached hydrogens (primary N) is 1. The summed E-state index contributed by atoms with van der Waals surface area (Å²) in [6, 6.07) is 13.2. The quantitative estimate of drug-likeness (QED) is 0.679. The van der Waals surface area contributed by atoms with Crippen molar-refractivity contribution in [2.75, 3.05) is 12.8 Å². The average Bonchev–Trinajstić information content (AvgIpc) is 3.04. The molecule has 0 aliphatic carbocycles. The van der Waals surface area contributed by atoms with Crippen LogP contribution in [0.5, 0.6) is 11.5 Å². The topological polar surface area (TPSA) is 100 Å². The maximum atomic E-state index is 6.33. The van der Waals surface area contributed by atoms with Gasteiger partial charge < -0.3 is 15.2 Å². The summed E-state index contributed by atoms with van der Waals surface area (Å²) >= 11 is 6.33. The zero-order valence-corrected chi connectivity index (χ0v) is 14.1. The maximum Gasteiger partial charge on any atom is 0.263 e. The van der Waals surface area contributed by atoms with Gasteiger partial charge in [0.25, 0.3) is 5.95 Å². The number of hydrogen-bond donors (Lipinski definition) is 1. The molecule has 0 atom stereocenters. The van der Waals surface area contributed by atoms with Crippen molar-refractivity contribution in [2.24, 2.45) is 5.10 Å². The second-order valence-electron chi connectivity index (χ2n) is 4.98. The van der Waals surface area contributed by atoms with Crippen molar-refractivity contribution < 1.29 is 9.47 Å². The van der Waals surface area contributed by atoms with Gasteiger partial charge in [0, 0.05) is 5.56 Å². The van der Waals surface area contributed by atoms with Crippen LogP contribution in [0.15, 0.2) is 47.6 Å². The minimum atomic E-state index is 0.0807. The van der Waals surface area contributed by atoms with E-state index in [0.717, 1.165) is 10.4 Å². The zero-order chi connectivity index (χ0) is 17.6. The fraction of sp³-hybridized carbons (Fsp3) is 0.125. The summed E-state index contributed by atoms with van der Waals surface area (Å²) in [6.45, 7) is 0.380. The zero-order valence-electron chi connectivity index (χ0n) is 13.3.